The third-order valence-electron chi connectivity index (χ3n) is 5.33. The topological polar surface area (TPSA) is 112 Å². The molecule has 8 heteroatoms. The summed E-state index contributed by atoms with van der Waals surface area (Å²) in [6.07, 6.45) is -5.01. The first kappa shape index (κ1) is 23.7. The van der Waals surface area contributed by atoms with E-state index in [1.54, 1.807) is 91.0 Å². The fourth-order valence-electron chi connectivity index (χ4n) is 3.57. The molecule has 0 aromatic heterocycles. The average Bonchev–Trinajstić information content (AvgIpc) is 2.91. The lowest BCUT2D eigenvalue weighted by Crippen LogP contribution is -2.57. The summed E-state index contributed by atoms with van der Waals surface area (Å²) in [4.78, 5) is 38.4. The molecule has 3 aromatic carbocycles. The summed E-state index contributed by atoms with van der Waals surface area (Å²) in [6, 6.07) is 26.5. The van der Waals surface area contributed by atoms with Gasteiger partial charge in [0.15, 0.2) is 24.4 Å². The summed E-state index contributed by atoms with van der Waals surface area (Å²) in [7, 11) is 0. The second-order valence-electron chi connectivity index (χ2n) is 7.66. The van der Waals surface area contributed by atoms with E-state index in [2.05, 4.69) is 0 Å². The molecular formula is C27H21NO7. The van der Waals surface area contributed by atoms with Gasteiger partial charge in [-0.1, -0.05) is 54.6 Å². The molecule has 8 nitrogen and oxygen atoms in total. The molecule has 1 fully saturated rings. The Labute approximate surface area is 201 Å². The van der Waals surface area contributed by atoms with Crippen molar-refractivity contribution < 1.29 is 33.3 Å². The molecule has 176 valence electrons. The highest BCUT2D eigenvalue weighted by Crippen LogP contribution is 2.26. The van der Waals surface area contributed by atoms with E-state index in [-0.39, 0.29) is 23.3 Å². The molecule has 4 unspecified atom stereocenters. The van der Waals surface area contributed by atoms with Crippen molar-refractivity contribution in [2.24, 2.45) is 0 Å². The number of carbonyl (C=O) groups is 3. The number of nitriles is 1. The van der Waals surface area contributed by atoms with Gasteiger partial charge >= 0.3 is 17.9 Å². The zero-order chi connectivity index (χ0) is 24.6. The van der Waals surface area contributed by atoms with Crippen molar-refractivity contribution >= 4 is 17.9 Å². The number of hydrogen-bond donors (Lipinski definition) is 0. The van der Waals surface area contributed by atoms with E-state index >= 15 is 0 Å². The van der Waals surface area contributed by atoms with Crippen LogP contribution < -0.4 is 0 Å². The highest BCUT2D eigenvalue weighted by Gasteiger charge is 2.48. The number of ether oxygens (including phenoxy) is 4. The summed E-state index contributed by atoms with van der Waals surface area (Å²) in [5, 5.41) is 9.65. The van der Waals surface area contributed by atoms with Gasteiger partial charge in [0.1, 0.15) is 0 Å². The van der Waals surface area contributed by atoms with Crippen molar-refractivity contribution in [3.8, 4) is 6.07 Å². The molecule has 1 heterocycles. The first-order valence-corrected chi connectivity index (χ1v) is 10.9. The summed E-state index contributed by atoms with van der Waals surface area (Å²) in [5.74, 6) is -2.14. The molecule has 0 saturated carbocycles. The Balaban J connectivity index is 1.62. The highest BCUT2D eigenvalue weighted by atomic mass is 16.6. The fourth-order valence-corrected chi connectivity index (χ4v) is 3.57. The van der Waals surface area contributed by atoms with Crippen LogP contribution in [0, 0.1) is 11.3 Å². The predicted molar refractivity (Wildman–Crippen MR) is 122 cm³/mol. The van der Waals surface area contributed by atoms with Crippen LogP contribution in [0.3, 0.4) is 0 Å². The number of carbonyl (C=O) groups excluding carboxylic acids is 3. The van der Waals surface area contributed by atoms with Gasteiger partial charge in [0, 0.05) is 0 Å². The number of rotatable bonds is 6. The maximum atomic E-state index is 12.9. The second-order valence-corrected chi connectivity index (χ2v) is 7.66. The molecule has 0 amide bonds. The van der Waals surface area contributed by atoms with Gasteiger partial charge in [-0.15, -0.1) is 0 Å². The number of benzene rings is 3. The maximum absolute atomic E-state index is 12.9. The number of nitrogens with zero attached hydrogens (tertiary/aromatic N) is 1. The van der Waals surface area contributed by atoms with E-state index in [0.29, 0.717) is 0 Å². The van der Waals surface area contributed by atoms with Crippen LogP contribution in [0.1, 0.15) is 31.1 Å². The van der Waals surface area contributed by atoms with E-state index in [1.807, 2.05) is 6.07 Å². The molecule has 1 aliphatic rings. The van der Waals surface area contributed by atoms with Gasteiger partial charge in [-0.05, 0) is 36.4 Å². The van der Waals surface area contributed by atoms with Crippen LogP contribution in [0.25, 0.3) is 0 Å². The van der Waals surface area contributed by atoms with Crippen LogP contribution in [-0.2, 0) is 18.9 Å². The Kier molecular flexibility index (Phi) is 7.50. The minimum Gasteiger partial charge on any atom is -0.452 e. The highest BCUT2D eigenvalue weighted by molar-refractivity contribution is 5.91. The fraction of sp³-hybridized carbons (Fsp3) is 0.185. The molecule has 1 aliphatic heterocycles. The van der Waals surface area contributed by atoms with Gasteiger partial charge in [-0.3, -0.25) is 0 Å². The summed E-state index contributed by atoms with van der Waals surface area (Å²) in [5.41, 5.74) is 0.760. The Morgan fingerprint density at radius 3 is 1.49 bits per heavy atom. The van der Waals surface area contributed by atoms with E-state index < -0.39 is 42.3 Å². The zero-order valence-corrected chi connectivity index (χ0v) is 18.5. The van der Waals surface area contributed by atoms with Crippen LogP contribution in [0.4, 0.5) is 0 Å². The third kappa shape index (κ3) is 5.72. The molecule has 0 spiro atoms. The van der Waals surface area contributed by atoms with E-state index in [9.17, 15) is 19.6 Å². The van der Waals surface area contributed by atoms with Crippen molar-refractivity contribution in [3.63, 3.8) is 0 Å². The van der Waals surface area contributed by atoms with Crippen LogP contribution in [-0.4, -0.2) is 48.9 Å². The van der Waals surface area contributed by atoms with Crippen molar-refractivity contribution in [3.05, 3.63) is 108 Å². The van der Waals surface area contributed by atoms with E-state index in [0.717, 1.165) is 0 Å². The first-order chi connectivity index (χ1) is 17.1. The predicted octanol–water partition coefficient (Wildman–Crippen LogP) is 3.59. The molecule has 0 aliphatic carbocycles. The molecule has 1 saturated heterocycles. The number of hydrogen-bond acceptors (Lipinski definition) is 8. The Morgan fingerprint density at radius 2 is 1.06 bits per heavy atom. The largest absolute Gasteiger partial charge is 0.452 e. The normalized spacial score (nSPS) is 21.2. The van der Waals surface area contributed by atoms with Crippen LogP contribution in [0.2, 0.25) is 0 Å². The molecule has 0 N–H and O–H groups in total. The van der Waals surface area contributed by atoms with E-state index in [4.69, 9.17) is 18.9 Å². The van der Waals surface area contributed by atoms with Crippen molar-refractivity contribution in [1.82, 2.24) is 0 Å². The van der Waals surface area contributed by atoms with Gasteiger partial charge in [-0.2, -0.15) is 5.26 Å². The second kappa shape index (κ2) is 11.1. The number of esters is 3. The van der Waals surface area contributed by atoms with Gasteiger partial charge < -0.3 is 18.9 Å². The standard InChI is InChI=1S/C27H21NO7/c28-16-21-23(34-26(30)19-12-6-2-7-13-19)24(35-27(31)20-14-8-3-9-15-20)22(17-32-21)33-25(29)18-10-4-1-5-11-18/h1-15,21-24H,17H2. The molecule has 4 rings (SSSR count). The van der Waals surface area contributed by atoms with Crippen molar-refractivity contribution in [1.29, 1.82) is 5.26 Å². The molecule has 4 atom stereocenters. The lowest BCUT2D eigenvalue weighted by Gasteiger charge is -2.38. The Morgan fingerprint density at radius 1 is 0.657 bits per heavy atom. The van der Waals surface area contributed by atoms with E-state index in [1.165, 1.54) is 0 Å². The summed E-state index contributed by atoms with van der Waals surface area (Å²) in [6.45, 7) is -0.233. The maximum Gasteiger partial charge on any atom is 0.338 e. The van der Waals surface area contributed by atoms with Crippen molar-refractivity contribution in [2.45, 2.75) is 24.4 Å². The lowest BCUT2D eigenvalue weighted by atomic mass is 9.99. The van der Waals surface area contributed by atoms with Crippen LogP contribution in [0.15, 0.2) is 91.0 Å². The zero-order valence-electron chi connectivity index (χ0n) is 18.5. The first-order valence-electron chi connectivity index (χ1n) is 10.9. The summed E-state index contributed by atoms with van der Waals surface area (Å²) >= 11 is 0. The summed E-state index contributed by atoms with van der Waals surface area (Å²) < 4.78 is 22.4. The lowest BCUT2D eigenvalue weighted by molar-refractivity contribution is -0.175. The molecule has 35 heavy (non-hydrogen) atoms. The minimum atomic E-state index is -1.34. The van der Waals surface area contributed by atoms with Gasteiger partial charge in [0.2, 0.25) is 0 Å². The van der Waals surface area contributed by atoms with Gasteiger partial charge in [-0.25, -0.2) is 14.4 Å². The van der Waals surface area contributed by atoms with Crippen molar-refractivity contribution in [2.75, 3.05) is 6.61 Å². The average molecular weight is 471 g/mol. The smallest absolute Gasteiger partial charge is 0.338 e. The van der Waals surface area contributed by atoms with Gasteiger partial charge in [0.25, 0.3) is 0 Å². The van der Waals surface area contributed by atoms with Crippen LogP contribution >= 0.6 is 0 Å². The monoisotopic (exact) mass is 471 g/mol. The molecular weight excluding hydrogens is 450 g/mol. The SMILES string of the molecule is N#CC1OCC(OC(=O)c2ccccc2)C(OC(=O)c2ccccc2)C1OC(=O)c1ccccc1. The molecule has 3 aromatic rings. The van der Waals surface area contributed by atoms with Crippen LogP contribution in [0.5, 0.6) is 0 Å². The Hall–Kier alpha value is -4.48. The third-order valence-corrected chi connectivity index (χ3v) is 5.33. The minimum absolute atomic E-state index is 0.233. The molecule has 0 bridgehead atoms. The quantitative estimate of drug-likeness (QED) is 0.396. The Bertz CT molecular complexity index is 1210. The van der Waals surface area contributed by atoms with Gasteiger partial charge in [0.05, 0.1) is 29.4 Å². The molecule has 0 radical (unpaired) electrons.